The summed E-state index contributed by atoms with van der Waals surface area (Å²) in [5.41, 5.74) is 3.96. The third kappa shape index (κ3) is 7.04. The number of aliphatic carboxylic acids is 1. The summed E-state index contributed by atoms with van der Waals surface area (Å²) >= 11 is 1.63. The monoisotopic (exact) mass is 557 g/mol. The molecule has 202 valence electrons. The Hall–Kier alpha value is -4.59. The minimum absolute atomic E-state index is 0.202. The van der Waals surface area contributed by atoms with Gasteiger partial charge in [0.25, 0.3) is 5.91 Å². The molecule has 0 saturated carbocycles. The maximum Gasteiger partial charge on any atom is 0.490 e. The highest BCUT2D eigenvalue weighted by Gasteiger charge is 2.38. The van der Waals surface area contributed by atoms with Crippen molar-refractivity contribution in [2.45, 2.75) is 26.1 Å². The van der Waals surface area contributed by atoms with Crippen LogP contribution in [0.2, 0.25) is 0 Å². The molecule has 0 fully saturated rings. The van der Waals surface area contributed by atoms with Crippen molar-refractivity contribution in [2.24, 2.45) is 0 Å². The van der Waals surface area contributed by atoms with E-state index in [2.05, 4.69) is 25.3 Å². The van der Waals surface area contributed by atoms with Crippen LogP contribution in [0.15, 0.2) is 66.8 Å². The number of aryl methyl sites for hydroxylation is 1. The van der Waals surface area contributed by atoms with Crippen molar-refractivity contribution in [3.63, 3.8) is 0 Å². The van der Waals surface area contributed by atoms with E-state index in [-0.39, 0.29) is 5.91 Å². The molecule has 0 radical (unpaired) electrons. The molecule has 0 aliphatic heterocycles. The van der Waals surface area contributed by atoms with Crippen molar-refractivity contribution in [1.82, 2.24) is 34.2 Å². The maximum absolute atomic E-state index is 12.9. The molecule has 14 heteroatoms. The molecule has 0 unspecified atom stereocenters. The van der Waals surface area contributed by atoms with Crippen molar-refractivity contribution in [1.29, 1.82) is 0 Å². The molecule has 0 saturated heterocycles. The van der Waals surface area contributed by atoms with Gasteiger partial charge in [-0.05, 0) is 43.2 Å². The number of pyridine rings is 2. The lowest BCUT2D eigenvalue weighted by atomic mass is 10.2. The molecular weight excluding hydrogens is 535 g/mol. The quantitative estimate of drug-likeness (QED) is 0.310. The van der Waals surface area contributed by atoms with E-state index in [0.29, 0.717) is 30.3 Å². The van der Waals surface area contributed by atoms with Crippen molar-refractivity contribution >= 4 is 28.7 Å². The fourth-order valence-electron chi connectivity index (χ4n) is 3.57. The van der Waals surface area contributed by atoms with E-state index >= 15 is 0 Å². The first-order chi connectivity index (χ1) is 18.6. The van der Waals surface area contributed by atoms with Gasteiger partial charge >= 0.3 is 12.1 Å². The molecule has 10 nitrogen and oxygen atoms in total. The van der Waals surface area contributed by atoms with Crippen LogP contribution >= 0.6 is 11.3 Å². The van der Waals surface area contributed by atoms with Gasteiger partial charge in [0, 0.05) is 36.7 Å². The molecule has 0 spiro atoms. The van der Waals surface area contributed by atoms with Gasteiger partial charge in [-0.3, -0.25) is 14.2 Å². The summed E-state index contributed by atoms with van der Waals surface area (Å²) in [4.78, 5) is 39.5. The van der Waals surface area contributed by atoms with E-state index in [1.807, 2.05) is 64.0 Å². The van der Waals surface area contributed by atoms with Crippen molar-refractivity contribution in [3.05, 3.63) is 88.8 Å². The van der Waals surface area contributed by atoms with Crippen LogP contribution in [0.5, 0.6) is 0 Å². The number of carboxylic acids is 1. The van der Waals surface area contributed by atoms with Gasteiger partial charge in [0.1, 0.15) is 5.69 Å². The van der Waals surface area contributed by atoms with Gasteiger partial charge in [0.2, 0.25) is 0 Å². The van der Waals surface area contributed by atoms with Crippen LogP contribution in [0, 0.1) is 6.92 Å². The average Bonchev–Trinajstić information content (AvgIpc) is 3.63. The smallest absolute Gasteiger partial charge is 0.475 e. The molecule has 2 N–H and O–H groups in total. The summed E-state index contributed by atoms with van der Waals surface area (Å²) in [6.07, 6.45) is 4.74. The normalized spacial score (nSPS) is 11.2. The van der Waals surface area contributed by atoms with Crippen LogP contribution in [0.3, 0.4) is 0 Å². The number of aromatic nitrogens is 6. The number of rotatable bonds is 7. The van der Waals surface area contributed by atoms with Crippen LogP contribution in [-0.4, -0.2) is 58.6 Å². The second kappa shape index (κ2) is 11.9. The van der Waals surface area contributed by atoms with E-state index in [1.165, 1.54) is 0 Å². The lowest BCUT2D eigenvalue weighted by Crippen LogP contribution is -2.26. The highest BCUT2D eigenvalue weighted by Crippen LogP contribution is 2.22. The number of carbonyl (C=O) groups excluding carboxylic acids is 1. The number of alkyl halides is 3. The molecule has 0 bridgehead atoms. The minimum atomic E-state index is -5.08. The van der Waals surface area contributed by atoms with Gasteiger partial charge in [-0.25, -0.2) is 19.7 Å². The predicted molar refractivity (Wildman–Crippen MR) is 136 cm³/mol. The largest absolute Gasteiger partial charge is 0.490 e. The Morgan fingerprint density at radius 1 is 1.13 bits per heavy atom. The Labute approximate surface area is 223 Å². The zero-order chi connectivity index (χ0) is 28.0. The van der Waals surface area contributed by atoms with Crippen LogP contribution in [0.1, 0.15) is 26.8 Å². The molecule has 0 aromatic carbocycles. The Balaban J connectivity index is 0.000000448. The predicted octanol–water partition coefficient (Wildman–Crippen LogP) is 4.01. The van der Waals surface area contributed by atoms with Gasteiger partial charge in [-0.15, -0.1) is 11.3 Å². The maximum atomic E-state index is 12.9. The minimum Gasteiger partial charge on any atom is -0.475 e. The van der Waals surface area contributed by atoms with Gasteiger partial charge in [0.15, 0.2) is 11.5 Å². The average molecular weight is 558 g/mol. The number of thiazole rings is 1. The number of halogens is 3. The number of carboxylic acid groups (broad SMARTS) is 1. The number of imidazole rings is 2. The molecule has 0 atom stereocenters. The van der Waals surface area contributed by atoms with E-state index in [1.54, 1.807) is 30.1 Å². The lowest BCUT2D eigenvalue weighted by molar-refractivity contribution is -0.192. The van der Waals surface area contributed by atoms with E-state index < -0.39 is 12.1 Å². The number of hydrogen-bond acceptors (Lipinski definition) is 7. The number of fused-ring (bicyclic) bond motifs is 1. The Kier molecular flexibility index (Phi) is 8.34. The Morgan fingerprint density at radius 3 is 2.54 bits per heavy atom. The first kappa shape index (κ1) is 27.4. The van der Waals surface area contributed by atoms with Crippen LogP contribution in [0.25, 0.3) is 17.0 Å². The summed E-state index contributed by atoms with van der Waals surface area (Å²) in [5, 5.41) is 13.2. The summed E-state index contributed by atoms with van der Waals surface area (Å²) in [6, 6.07) is 9.60. The van der Waals surface area contributed by atoms with Crippen molar-refractivity contribution in [3.8, 4) is 11.5 Å². The first-order valence-electron chi connectivity index (χ1n) is 11.5. The lowest BCUT2D eigenvalue weighted by Gasteiger charge is -2.03. The summed E-state index contributed by atoms with van der Waals surface area (Å²) in [7, 11) is 0. The molecule has 5 aromatic rings. The summed E-state index contributed by atoms with van der Waals surface area (Å²) < 4.78 is 35.6. The molecule has 0 aliphatic rings. The van der Waals surface area contributed by atoms with Gasteiger partial charge < -0.3 is 15.0 Å². The Morgan fingerprint density at radius 2 is 1.87 bits per heavy atom. The second-order valence-electron chi connectivity index (χ2n) is 8.19. The Bertz CT molecular complexity index is 1580. The topological polar surface area (TPSA) is 127 Å². The number of nitrogens with one attached hydrogen (secondary N) is 1. The molecule has 39 heavy (non-hydrogen) atoms. The number of carbonyl (C=O) groups is 2. The third-order valence-electron chi connectivity index (χ3n) is 5.33. The molecule has 5 heterocycles. The van der Waals surface area contributed by atoms with Gasteiger partial charge in [-0.2, -0.15) is 13.2 Å². The summed E-state index contributed by atoms with van der Waals surface area (Å²) in [6.45, 7) is 3.16. The molecule has 5 rings (SSSR count). The SMILES string of the molecule is Cc1nc(Cn2cnc(-c3nc(C(=O)NCCc4ccncc4)c4ccccn34)c2)cs1.O=C(O)C(F)(F)F. The van der Waals surface area contributed by atoms with E-state index in [9.17, 15) is 18.0 Å². The van der Waals surface area contributed by atoms with E-state index in [0.717, 1.165) is 28.2 Å². The molecular formula is C25H22F3N7O3S. The first-order valence-corrected chi connectivity index (χ1v) is 12.4. The number of hydrogen-bond donors (Lipinski definition) is 2. The summed E-state index contributed by atoms with van der Waals surface area (Å²) in [5.74, 6) is -2.33. The second-order valence-corrected chi connectivity index (χ2v) is 9.26. The highest BCUT2D eigenvalue weighted by molar-refractivity contribution is 7.09. The van der Waals surface area contributed by atoms with E-state index in [4.69, 9.17) is 9.90 Å². The molecule has 0 aliphatic carbocycles. The van der Waals surface area contributed by atoms with Crippen molar-refractivity contribution < 1.29 is 27.9 Å². The zero-order valence-corrected chi connectivity index (χ0v) is 21.3. The van der Waals surface area contributed by atoms with Crippen molar-refractivity contribution in [2.75, 3.05) is 6.54 Å². The number of nitrogens with zero attached hydrogens (tertiary/aromatic N) is 6. The molecule has 5 aromatic heterocycles. The van der Waals surface area contributed by atoms with Crippen LogP contribution < -0.4 is 5.32 Å². The highest BCUT2D eigenvalue weighted by atomic mass is 32.1. The number of amides is 1. The third-order valence-corrected chi connectivity index (χ3v) is 6.15. The zero-order valence-electron chi connectivity index (χ0n) is 20.5. The molecule has 1 amide bonds. The van der Waals surface area contributed by atoms with Crippen LogP contribution in [0.4, 0.5) is 13.2 Å². The fourth-order valence-corrected chi connectivity index (χ4v) is 4.17. The standard InChI is InChI=1S/C23H21N7OS.C2HF3O2/c1-16-27-18(14-32-16)12-29-13-19(26-15-29)22-28-21(20-4-2-3-11-30(20)22)23(31)25-10-7-17-5-8-24-9-6-17;3-2(4,5)1(6)7/h2-6,8-9,11,13-15H,7,10,12H2,1H3,(H,25,31);(H,6,7). The van der Waals surface area contributed by atoms with Gasteiger partial charge in [0.05, 0.1) is 29.1 Å². The van der Waals surface area contributed by atoms with Gasteiger partial charge in [-0.1, -0.05) is 6.07 Å². The fraction of sp³-hybridized carbons (Fsp3) is 0.200. The van der Waals surface area contributed by atoms with Crippen LogP contribution in [-0.2, 0) is 17.8 Å².